The van der Waals surface area contributed by atoms with Crippen molar-refractivity contribution in [1.82, 2.24) is 4.98 Å². The number of hydrogen-bond donors (Lipinski definition) is 0. The zero-order chi connectivity index (χ0) is 16.6. The highest BCUT2D eigenvalue weighted by atomic mass is 19.4. The van der Waals surface area contributed by atoms with Crippen LogP contribution in [0.4, 0.5) is 13.2 Å². The van der Waals surface area contributed by atoms with Crippen molar-refractivity contribution in [3.8, 4) is 11.5 Å². The van der Waals surface area contributed by atoms with Crippen LogP contribution in [-0.4, -0.2) is 18.1 Å². The molecule has 0 radical (unpaired) electrons. The standard InChI is InChI=1S/C16H10F3NO3/c1-22-15(21)10-4-7-12-13(8-10)23-14(20-12)9-2-5-11(6-3-9)16(17,18)19/h2-8H,1H3. The van der Waals surface area contributed by atoms with Crippen LogP contribution in [0, 0.1) is 0 Å². The molecule has 1 heterocycles. The molecule has 118 valence electrons. The van der Waals surface area contributed by atoms with Gasteiger partial charge in [-0.2, -0.15) is 13.2 Å². The number of carbonyl (C=O) groups excluding carboxylic acids is 1. The van der Waals surface area contributed by atoms with Crippen molar-refractivity contribution in [3.63, 3.8) is 0 Å². The first kappa shape index (κ1) is 15.1. The average molecular weight is 321 g/mol. The number of alkyl halides is 3. The maximum atomic E-state index is 12.6. The van der Waals surface area contributed by atoms with E-state index in [1.54, 1.807) is 6.07 Å². The minimum absolute atomic E-state index is 0.177. The van der Waals surface area contributed by atoms with Crippen molar-refractivity contribution < 1.29 is 27.1 Å². The molecule has 0 atom stereocenters. The Morgan fingerprint density at radius 1 is 1.13 bits per heavy atom. The molecule has 23 heavy (non-hydrogen) atoms. The van der Waals surface area contributed by atoms with Crippen LogP contribution in [-0.2, 0) is 10.9 Å². The number of nitrogens with zero attached hydrogens (tertiary/aromatic N) is 1. The smallest absolute Gasteiger partial charge is 0.416 e. The Hall–Kier alpha value is -2.83. The number of rotatable bonds is 2. The van der Waals surface area contributed by atoms with Gasteiger partial charge in [-0.05, 0) is 42.5 Å². The Labute approximate surface area is 128 Å². The summed E-state index contributed by atoms with van der Waals surface area (Å²) in [6.07, 6.45) is -4.39. The van der Waals surface area contributed by atoms with E-state index in [0.717, 1.165) is 12.1 Å². The Kier molecular flexibility index (Phi) is 3.55. The first-order valence-corrected chi connectivity index (χ1v) is 6.55. The summed E-state index contributed by atoms with van der Waals surface area (Å²) in [5, 5.41) is 0. The van der Waals surface area contributed by atoms with E-state index in [4.69, 9.17) is 4.42 Å². The molecule has 0 saturated heterocycles. The lowest BCUT2D eigenvalue weighted by molar-refractivity contribution is -0.137. The molecule has 2 aromatic carbocycles. The van der Waals surface area contributed by atoms with E-state index in [0.29, 0.717) is 22.2 Å². The summed E-state index contributed by atoms with van der Waals surface area (Å²) in [5.41, 5.74) is 0.810. The summed E-state index contributed by atoms with van der Waals surface area (Å²) in [6.45, 7) is 0. The lowest BCUT2D eigenvalue weighted by Crippen LogP contribution is -2.03. The van der Waals surface area contributed by atoms with E-state index < -0.39 is 17.7 Å². The van der Waals surface area contributed by atoms with Crippen molar-refractivity contribution in [2.75, 3.05) is 7.11 Å². The third kappa shape index (κ3) is 2.90. The van der Waals surface area contributed by atoms with Gasteiger partial charge in [0.1, 0.15) is 5.52 Å². The number of aromatic nitrogens is 1. The molecule has 7 heteroatoms. The van der Waals surface area contributed by atoms with Crippen LogP contribution >= 0.6 is 0 Å². The van der Waals surface area contributed by atoms with Gasteiger partial charge < -0.3 is 9.15 Å². The summed E-state index contributed by atoms with van der Waals surface area (Å²) in [5.74, 6) is -0.338. The van der Waals surface area contributed by atoms with Gasteiger partial charge >= 0.3 is 12.1 Å². The number of halogens is 3. The molecular weight excluding hydrogens is 311 g/mol. The maximum Gasteiger partial charge on any atom is 0.416 e. The Morgan fingerprint density at radius 2 is 1.83 bits per heavy atom. The van der Waals surface area contributed by atoms with Crippen molar-refractivity contribution in [1.29, 1.82) is 0 Å². The fourth-order valence-corrected chi connectivity index (χ4v) is 2.09. The lowest BCUT2D eigenvalue weighted by Gasteiger charge is -2.05. The molecule has 3 aromatic rings. The third-order valence-corrected chi connectivity index (χ3v) is 3.27. The molecule has 0 fully saturated rings. The molecule has 3 rings (SSSR count). The van der Waals surface area contributed by atoms with Crippen molar-refractivity contribution >= 4 is 17.1 Å². The highest BCUT2D eigenvalue weighted by molar-refractivity contribution is 5.93. The van der Waals surface area contributed by atoms with E-state index in [-0.39, 0.29) is 5.89 Å². The summed E-state index contributed by atoms with van der Waals surface area (Å²) < 4.78 is 47.8. The number of hydrogen-bond acceptors (Lipinski definition) is 4. The Balaban J connectivity index is 1.98. The van der Waals surface area contributed by atoms with Gasteiger partial charge in [-0.1, -0.05) is 0 Å². The second kappa shape index (κ2) is 5.42. The van der Waals surface area contributed by atoms with Gasteiger partial charge in [0.15, 0.2) is 5.58 Å². The van der Waals surface area contributed by atoms with Gasteiger partial charge in [0.05, 0.1) is 18.2 Å². The highest BCUT2D eigenvalue weighted by Crippen LogP contribution is 2.31. The maximum absolute atomic E-state index is 12.6. The molecule has 0 N–H and O–H groups in total. The summed E-state index contributed by atoms with van der Waals surface area (Å²) in [7, 11) is 1.26. The Morgan fingerprint density at radius 3 is 2.43 bits per heavy atom. The second-order valence-corrected chi connectivity index (χ2v) is 4.77. The molecule has 0 aliphatic carbocycles. The van der Waals surface area contributed by atoms with Gasteiger partial charge in [0, 0.05) is 5.56 Å². The minimum atomic E-state index is -4.39. The first-order valence-electron chi connectivity index (χ1n) is 6.55. The highest BCUT2D eigenvalue weighted by Gasteiger charge is 2.30. The van der Waals surface area contributed by atoms with Crippen LogP contribution in [0.15, 0.2) is 46.9 Å². The molecule has 0 saturated carbocycles. The largest absolute Gasteiger partial charge is 0.465 e. The fraction of sp³-hybridized carbons (Fsp3) is 0.125. The normalized spacial score (nSPS) is 11.7. The zero-order valence-corrected chi connectivity index (χ0v) is 11.8. The zero-order valence-electron chi connectivity index (χ0n) is 11.8. The van der Waals surface area contributed by atoms with E-state index in [9.17, 15) is 18.0 Å². The van der Waals surface area contributed by atoms with Gasteiger partial charge in [0.25, 0.3) is 0 Å². The summed E-state index contributed by atoms with van der Waals surface area (Å²) >= 11 is 0. The first-order chi connectivity index (χ1) is 10.9. The topological polar surface area (TPSA) is 52.3 Å². The number of carbonyl (C=O) groups is 1. The summed E-state index contributed by atoms with van der Waals surface area (Å²) in [4.78, 5) is 15.7. The summed E-state index contributed by atoms with van der Waals surface area (Å²) in [6, 6.07) is 9.09. The molecule has 0 spiro atoms. The predicted molar refractivity (Wildman–Crippen MR) is 75.8 cm³/mol. The van der Waals surface area contributed by atoms with Gasteiger partial charge in [-0.3, -0.25) is 0 Å². The van der Waals surface area contributed by atoms with Gasteiger partial charge in [0.2, 0.25) is 5.89 Å². The van der Waals surface area contributed by atoms with E-state index >= 15 is 0 Å². The number of oxazole rings is 1. The van der Waals surface area contributed by atoms with Crippen LogP contribution in [0.25, 0.3) is 22.6 Å². The fourth-order valence-electron chi connectivity index (χ4n) is 2.09. The molecule has 0 aliphatic rings. The van der Waals surface area contributed by atoms with Crippen LogP contribution in [0.1, 0.15) is 15.9 Å². The van der Waals surface area contributed by atoms with Crippen LogP contribution < -0.4 is 0 Å². The molecule has 0 amide bonds. The van der Waals surface area contributed by atoms with Gasteiger partial charge in [-0.25, -0.2) is 9.78 Å². The predicted octanol–water partition coefficient (Wildman–Crippen LogP) is 4.30. The van der Waals surface area contributed by atoms with E-state index in [1.165, 1.54) is 31.4 Å². The quantitative estimate of drug-likeness (QED) is 0.660. The number of benzene rings is 2. The molecular formula is C16H10F3NO3. The van der Waals surface area contributed by atoms with Crippen LogP contribution in [0.3, 0.4) is 0 Å². The molecule has 0 unspecified atom stereocenters. The number of fused-ring (bicyclic) bond motifs is 1. The molecule has 0 bridgehead atoms. The van der Waals surface area contributed by atoms with E-state index in [2.05, 4.69) is 9.72 Å². The third-order valence-electron chi connectivity index (χ3n) is 3.27. The van der Waals surface area contributed by atoms with Crippen LogP contribution in [0.5, 0.6) is 0 Å². The van der Waals surface area contributed by atoms with Gasteiger partial charge in [-0.15, -0.1) is 0 Å². The average Bonchev–Trinajstić information content (AvgIpc) is 2.96. The number of methoxy groups -OCH3 is 1. The SMILES string of the molecule is COC(=O)c1ccc2nc(-c3ccc(C(F)(F)F)cc3)oc2c1. The minimum Gasteiger partial charge on any atom is -0.465 e. The van der Waals surface area contributed by atoms with Crippen LogP contribution in [0.2, 0.25) is 0 Å². The van der Waals surface area contributed by atoms with E-state index in [1.807, 2.05) is 0 Å². The lowest BCUT2D eigenvalue weighted by atomic mass is 10.1. The van der Waals surface area contributed by atoms with Crippen molar-refractivity contribution in [3.05, 3.63) is 53.6 Å². The monoisotopic (exact) mass is 321 g/mol. The number of ether oxygens (including phenoxy) is 1. The number of esters is 1. The second-order valence-electron chi connectivity index (χ2n) is 4.77. The molecule has 1 aromatic heterocycles. The molecule has 4 nitrogen and oxygen atoms in total. The Bertz CT molecular complexity index is 866. The van der Waals surface area contributed by atoms with Crippen molar-refractivity contribution in [2.24, 2.45) is 0 Å². The molecule has 0 aliphatic heterocycles. The van der Waals surface area contributed by atoms with Crippen molar-refractivity contribution in [2.45, 2.75) is 6.18 Å².